The van der Waals surface area contributed by atoms with Crippen LogP contribution in [0.15, 0.2) is 35.7 Å². The van der Waals surface area contributed by atoms with Gasteiger partial charge in [0.2, 0.25) is 15.0 Å². The standard InChI is InChI=1S/C13H17N3O2S/c1-10(2)12-7-5-4-6-11(12)8-16-13(14-9-15-16)19(3,17)18/h4-7,9-10H,8H2,1-3H3. The van der Waals surface area contributed by atoms with Gasteiger partial charge in [-0.05, 0) is 17.0 Å². The Labute approximate surface area is 113 Å². The minimum absolute atomic E-state index is 0.00561. The lowest BCUT2D eigenvalue weighted by Crippen LogP contribution is -2.13. The third-order valence-electron chi connectivity index (χ3n) is 2.91. The van der Waals surface area contributed by atoms with E-state index in [0.717, 1.165) is 11.8 Å². The molecule has 6 heteroatoms. The number of sulfone groups is 1. The Kier molecular flexibility index (Phi) is 3.71. The van der Waals surface area contributed by atoms with Gasteiger partial charge in [0, 0.05) is 6.26 Å². The Balaban J connectivity index is 2.41. The zero-order chi connectivity index (χ0) is 14.0. The van der Waals surface area contributed by atoms with Gasteiger partial charge >= 0.3 is 0 Å². The first kappa shape index (κ1) is 13.7. The molecule has 0 aliphatic carbocycles. The number of benzene rings is 1. The van der Waals surface area contributed by atoms with Crippen molar-refractivity contribution in [3.63, 3.8) is 0 Å². The SMILES string of the molecule is CC(C)c1ccccc1Cn1ncnc1S(C)(=O)=O. The monoisotopic (exact) mass is 279 g/mol. The summed E-state index contributed by atoms with van der Waals surface area (Å²) in [6, 6.07) is 7.97. The average Bonchev–Trinajstić information content (AvgIpc) is 2.77. The van der Waals surface area contributed by atoms with E-state index in [1.165, 1.54) is 16.6 Å². The van der Waals surface area contributed by atoms with E-state index in [-0.39, 0.29) is 5.16 Å². The summed E-state index contributed by atoms with van der Waals surface area (Å²) in [5.41, 5.74) is 2.25. The highest BCUT2D eigenvalue weighted by Crippen LogP contribution is 2.20. The Morgan fingerprint density at radius 2 is 1.95 bits per heavy atom. The highest BCUT2D eigenvalue weighted by Gasteiger charge is 2.17. The minimum Gasteiger partial charge on any atom is -0.232 e. The lowest BCUT2D eigenvalue weighted by Gasteiger charge is -2.13. The molecule has 0 fully saturated rings. The van der Waals surface area contributed by atoms with E-state index in [9.17, 15) is 8.42 Å². The molecule has 0 aliphatic heterocycles. The second kappa shape index (κ2) is 5.13. The third kappa shape index (κ3) is 3.01. The van der Waals surface area contributed by atoms with Crippen LogP contribution in [0.5, 0.6) is 0 Å². The lowest BCUT2D eigenvalue weighted by molar-refractivity contribution is 0.556. The average molecular weight is 279 g/mol. The fourth-order valence-corrected chi connectivity index (χ4v) is 2.79. The largest absolute Gasteiger partial charge is 0.245 e. The van der Waals surface area contributed by atoms with Crippen LogP contribution >= 0.6 is 0 Å². The highest BCUT2D eigenvalue weighted by molar-refractivity contribution is 7.90. The second-order valence-electron chi connectivity index (χ2n) is 4.83. The van der Waals surface area contributed by atoms with Crippen LogP contribution in [0.2, 0.25) is 0 Å². The van der Waals surface area contributed by atoms with Crippen molar-refractivity contribution < 1.29 is 8.42 Å². The summed E-state index contributed by atoms with van der Waals surface area (Å²) in [7, 11) is -3.35. The molecule has 0 radical (unpaired) electrons. The predicted octanol–water partition coefficient (Wildman–Crippen LogP) is 1.85. The Hall–Kier alpha value is -1.69. The van der Waals surface area contributed by atoms with Crippen LogP contribution in [0.3, 0.4) is 0 Å². The van der Waals surface area contributed by atoms with Crippen molar-refractivity contribution in [2.24, 2.45) is 0 Å². The van der Waals surface area contributed by atoms with Crippen LogP contribution in [0, 0.1) is 0 Å². The van der Waals surface area contributed by atoms with Crippen molar-refractivity contribution in [2.75, 3.05) is 6.26 Å². The van der Waals surface area contributed by atoms with Crippen LogP contribution < -0.4 is 0 Å². The summed E-state index contributed by atoms with van der Waals surface area (Å²) < 4.78 is 24.6. The molecule has 0 saturated heterocycles. The van der Waals surface area contributed by atoms with Crippen LogP contribution in [0.25, 0.3) is 0 Å². The van der Waals surface area contributed by atoms with E-state index in [2.05, 4.69) is 30.0 Å². The fourth-order valence-electron chi connectivity index (χ4n) is 2.05. The first-order valence-corrected chi connectivity index (χ1v) is 7.94. The molecule has 5 nitrogen and oxygen atoms in total. The van der Waals surface area contributed by atoms with Gasteiger partial charge in [-0.2, -0.15) is 5.10 Å². The van der Waals surface area contributed by atoms with Gasteiger partial charge in [0.1, 0.15) is 6.33 Å². The molecule has 2 rings (SSSR count). The van der Waals surface area contributed by atoms with Crippen molar-refractivity contribution in [3.8, 4) is 0 Å². The molecule has 102 valence electrons. The molecule has 0 amide bonds. The molecular weight excluding hydrogens is 262 g/mol. The molecule has 19 heavy (non-hydrogen) atoms. The molecule has 0 bridgehead atoms. The van der Waals surface area contributed by atoms with Crippen molar-refractivity contribution in [3.05, 3.63) is 41.7 Å². The molecule has 1 aromatic carbocycles. The summed E-state index contributed by atoms with van der Waals surface area (Å²) in [5, 5.41) is 4.01. The normalized spacial score (nSPS) is 12.0. The summed E-state index contributed by atoms with van der Waals surface area (Å²) in [5.74, 6) is 0.376. The summed E-state index contributed by atoms with van der Waals surface area (Å²) in [4.78, 5) is 3.82. The van der Waals surface area contributed by atoms with Gasteiger partial charge in [-0.15, -0.1) is 0 Å². The van der Waals surface area contributed by atoms with Crippen LogP contribution in [0.4, 0.5) is 0 Å². The van der Waals surface area contributed by atoms with Crippen LogP contribution in [-0.4, -0.2) is 29.4 Å². The summed E-state index contributed by atoms with van der Waals surface area (Å²) in [6.45, 7) is 4.63. The number of hydrogen-bond donors (Lipinski definition) is 0. The quantitative estimate of drug-likeness (QED) is 0.856. The van der Waals surface area contributed by atoms with Gasteiger partial charge < -0.3 is 0 Å². The third-order valence-corrected chi connectivity index (χ3v) is 3.89. The molecule has 0 spiro atoms. The van der Waals surface area contributed by atoms with Gasteiger partial charge in [-0.3, -0.25) is 0 Å². The topological polar surface area (TPSA) is 64.8 Å². The molecule has 0 aliphatic rings. The van der Waals surface area contributed by atoms with E-state index in [0.29, 0.717) is 12.5 Å². The zero-order valence-electron chi connectivity index (χ0n) is 11.2. The van der Waals surface area contributed by atoms with E-state index in [4.69, 9.17) is 0 Å². The Morgan fingerprint density at radius 1 is 1.26 bits per heavy atom. The van der Waals surface area contributed by atoms with Crippen molar-refractivity contribution in [1.82, 2.24) is 14.8 Å². The van der Waals surface area contributed by atoms with E-state index in [1.54, 1.807) is 0 Å². The van der Waals surface area contributed by atoms with E-state index < -0.39 is 9.84 Å². The second-order valence-corrected chi connectivity index (χ2v) is 6.74. The number of rotatable bonds is 4. The van der Waals surface area contributed by atoms with E-state index >= 15 is 0 Å². The maximum absolute atomic E-state index is 11.6. The van der Waals surface area contributed by atoms with Crippen molar-refractivity contribution in [1.29, 1.82) is 0 Å². The van der Waals surface area contributed by atoms with E-state index in [1.807, 2.05) is 18.2 Å². The highest BCUT2D eigenvalue weighted by atomic mass is 32.2. The molecule has 0 unspecified atom stereocenters. The van der Waals surface area contributed by atoms with Crippen molar-refractivity contribution in [2.45, 2.75) is 31.5 Å². The molecule has 0 saturated carbocycles. The maximum atomic E-state index is 11.6. The minimum atomic E-state index is -3.35. The lowest BCUT2D eigenvalue weighted by atomic mass is 9.97. The molecular formula is C13H17N3O2S. The molecule has 0 N–H and O–H groups in total. The van der Waals surface area contributed by atoms with Crippen LogP contribution in [-0.2, 0) is 16.4 Å². The molecule has 0 atom stereocenters. The predicted molar refractivity (Wildman–Crippen MR) is 72.8 cm³/mol. The Bertz CT molecular complexity index is 675. The molecule has 1 aromatic heterocycles. The molecule has 1 heterocycles. The van der Waals surface area contributed by atoms with Gasteiger partial charge in [0.25, 0.3) is 0 Å². The smallest absolute Gasteiger partial charge is 0.232 e. The van der Waals surface area contributed by atoms with Gasteiger partial charge in [0.05, 0.1) is 6.54 Å². The van der Waals surface area contributed by atoms with Gasteiger partial charge in [-0.25, -0.2) is 18.1 Å². The number of aromatic nitrogens is 3. The Morgan fingerprint density at radius 3 is 2.58 bits per heavy atom. The van der Waals surface area contributed by atoms with Crippen LogP contribution in [0.1, 0.15) is 30.9 Å². The fraction of sp³-hybridized carbons (Fsp3) is 0.385. The zero-order valence-corrected chi connectivity index (χ0v) is 12.1. The maximum Gasteiger partial charge on any atom is 0.245 e. The van der Waals surface area contributed by atoms with Gasteiger partial charge in [-0.1, -0.05) is 38.1 Å². The van der Waals surface area contributed by atoms with Gasteiger partial charge in [0.15, 0.2) is 0 Å². The van der Waals surface area contributed by atoms with Crippen molar-refractivity contribution >= 4 is 9.84 Å². The first-order valence-electron chi connectivity index (χ1n) is 6.05. The molecule has 2 aromatic rings. The first-order chi connectivity index (χ1) is 8.89. The number of nitrogens with zero attached hydrogens (tertiary/aromatic N) is 3. The summed E-state index contributed by atoms with van der Waals surface area (Å²) in [6.07, 6.45) is 2.41. The summed E-state index contributed by atoms with van der Waals surface area (Å²) >= 11 is 0. The number of hydrogen-bond acceptors (Lipinski definition) is 4.